The minimum absolute atomic E-state index is 0.0541. The van der Waals surface area contributed by atoms with Gasteiger partial charge < -0.3 is 5.73 Å². The van der Waals surface area contributed by atoms with Crippen molar-refractivity contribution in [1.82, 2.24) is 4.98 Å². The van der Waals surface area contributed by atoms with Gasteiger partial charge in [0, 0.05) is 11.4 Å². The van der Waals surface area contributed by atoms with Crippen molar-refractivity contribution in [2.24, 2.45) is 5.73 Å². The van der Waals surface area contributed by atoms with Gasteiger partial charge >= 0.3 is 0 Å². The minimum atomic E-state index is -3.00. The van der Waals surface area contributed by atoms with E-state index < -0.39 is 9.84 Å². The summed E-state index contributed by atoms with van der Waals surface area (Å²) in [6.07, 6.45) is 1.45. The zero-order chi connectivity index (χ0) is 12.2. The minimum Gasteiger partial charge on any atom is -0.326 e. The number of hydrogen-bond donors (Lipinski definition) is 1. The Kier molecular flexibility index (Phi) is 4.89. The van der Waals surface area contributed by atoms with Gasteiger partial charge in [-0.2, -0.15) is 0 Å². The van der Waals surface area contributed by atoms with Crippen molar-refractivity contribution in [3.8, 4) is 0 Å². The van der Waals surface area contributed by atoms with Crippen LogP contribution in [0.4, 0.5) is 0 Å². The standard InChI is InChI=1S/C10H18N2O2S2/c1-3-5-16(13,14)7-10-12-8(4-2)9(6-11)15-10/h3-7,11H2,1-2H3. The van der Waals surface area contributed by atoms with Crippen LogP contribution in [0.5, 0.6) is 0 Å². The summed E-state index contributed by atoms with van der Waals surface area (Å²) in [5.74, 6) is 0.282. The van der Waals surface area contributed by atoms with Crippen LogP contribution in [0.3, 0.4) is 0 Å². The lowest BCUT2D eigenvalue weighted by Crippen LogP contribution is -2.08. The number of rotatable bonds is 6. The molecule has 0 aliphatic rings. The van der Waals surface area contributed by atoms with E-state index in [-0.39, 0.29) is 11.5 Å². The number of aromatic nitrogens is 1. The first-order valence-corrected chi connectivity index (χ1v) is 8.04. The maximum absolute atomic E-state index is 11.6. The third-order valence-electron chi connectivity index (χ3n) is 2.20. The highest BCUT2D eigenvalue weighted by Crippen LogP contribution is 2.21. The molecule has 0 spiro atoms. The van der Waals surface area contributed by atoms with Gasteiger partial charge in [-0.05, 0) is 12.8 Å². The monoisotopic (exact) mass is 262 g/mol. The number of hydrogen-bond acceptors (Lipinski definition) is 5. The van der Waals surface area contributed by atoms with E-state index in [4.69, 9.17) is 5.73 Å². The van der Waals surface area contributed by atoms with Gasteiger partial charge in [0.1, 0.15) is 10.8 Å². The Bertz CT molecular complexity index is 416. The Morgan fingerprint density at radius 1 is 1.38 bits per heavy atom. The summed E-state index contributed by atoms with van der Waals surface area (Å²) in [5, 5.41) is 0.672. The highest BCUT2D eigenvalue weighted by Gasteiger charge is 2.15. The molecule has 0 aliphatic heterocycles. The van der Waals surface area contributed by atoms with Crippen molar-refractivity contribution in [2.45, 2.75) is 39.0 Å². The van der Waals surface area contributed by atoms with E-state index in [0.717, 1.165) is 17.0 Å². The van der Waals surface area contributed by atoms with E-state index in [0.29, 0.717) is 18.0 Å². The molecule has 1 aromatic rings. The van der Waals surface area contributed by atoms with E-state index in [9.17, 15) is 8.42 Å². The SMILES string of the molecule is CCCS(=O)(=O)Cc1nc(CC)c(CN)s1. The maximum atomic E-state index is 11.6. The molecule has 2 N–H and O–H groups in total. The molecule has 4 nitrogen and oxygen atoms in total. The van der Waals surface area contributed by atoms with Crippen LogP contribution in [-0.2, 0) is 28.6 Å². The third-order valence-corrected chi connectivity index (χ3v) is 5.25. The van der Waals surface area contributed by atoms with Crippen LogP contribution in [0.25, 0.3) is 0 Å². The van der Waals surface area contributed by atoms with Crippen molar-refractivity contribution in [2.75, 3.05) is 5.75 Å². The summed E-state index contributed by atoms with van der Waals surface area (Å²) in [6, 6.07) is 0. The molecule has 0 radical (unpaired) electrons. The molecule has 0 fully saturated rings. The van der Waals surface area contributed by atoms with Gasteiger partial charge in [0.25, 0.3) is 0 Å². The normalized spacial score (nSPS) is 11.9. The fourth-order valence-electron chi connectivity index (χ4n) is 1.51. The second kappa shape index (κ2) is 5.75. The first kappa shape index (κ1) is 13.6. The van der Waals surface area contributed by atoms with Crippen molar-refractivity contribution >= 4 is 21.2 Å². The van der Waals surface area contributed by atoms with Crippen LogP contribution in [0.1, 0.15) is 35.8 Å². The highest BCUT2D eigenvalue weighted by atomic mass is 32.2. The largest absolute Gasteiger partial charge is 0.326 e. The fraction of sp³-hybridized carbons (Fsp3) is 0.700. The van der Waals surface area contributed by atoms with Crippen molar-refractivity contribution < 1.29 is 8.42 Å². The van der Waals surface area contributed by atoms with Gasteiger partial charge in [-0.1, -0.05) is 13.8 Å². The average molecular weight is 262 g/mol. The summed E-state index contributed by atoms with van der Waals surface area (Å²) < 4.78 is 23.3. The van der Waals surface area contributed by atoms with Crippen LogP contribution in [-0.4, -0.2) is 19.2 Å². The highest BCUT2D eigenvalue weighted by molar-refractivity contribution is 7.90. The second-order valence-electron chi connectivity index (χ2n) is 3.63. The first-order valence-electron chi connectivity index (χ1n) is 5.40. The van der Waals surface area contributed by atoms with Gasteiger partial charge in [0.15, 0.2) is 9.84 Å². The molecule has 6 heteroatoms. The average Bonchev–Trinajstić information content (AvgIpc) is 2.59. The molecule has 16 heavy (non-hydrogen) atoms. The Balaban J connectivity index is 2.86. The molecule has 0 unspecified atom stereocenters. The number of thiazole rings is 1. The van der Waals surface area contributed by atoms with Crippen LogP contribution < -0.4 is 5.73 Å². The second-order valence-corrected chi connectivity index (χ2v) is 6.98. The molecule has 0 saturated heterocycles. The van der Waals surface area contributed by atoms with E-state index in [1.807, 2.05) is 13.8 Å². The lowest BCUT2D eigenvalue weighted by molar-refractivity contribution is 0.593. The van der Waals surface area contributed by atoms with Gasteiger partial charge in [-0.3, -0.25) is 0 Å². The molecule has 0 bridgehead atoms. The predicted octanol–water partition coefficient (Wildman–Crippen LogP) is 1.49. The topological polar surface area (TPSA) is 73.0 Å². The summed E-state index contributed by atoms with van der Waals surface area (Å²) >= 11 is 1.42. The lowest BCUT2D eigenvalue weighted by atomic mass is 10.3. The Morgan fingerprint density at radius 2 is 2.06 bits per heavy atom. The van der Waals surface area contributed by atoms with E-state index in [2.05, 4.69) is 4.98 Å². The summed E-state index contributed by atoms with van der Waals surface area (Å²) in [5.41, 5.74) is 6.52. The molecule has 92 valence electrons. The van der Waals surface area contributed by atoms with E-state index in [1.54, 1.807) is 0 Å². The molecule has 0 aromatic carbocycles. The molecule has 0 aliphatic carbocycles. The molecule has 1 aromatic heterocycles. The number of nitrogens with two attached hydrogens (primary N) is 1. The number of aryl methyl sites for hydroxylation is 1. The zero-order valence-corrected chi connectivity index (χ0v) is 11.3. The van der Waals surface area contributed by atoms with E-state index >= 15 is 0 Å². The molecule has 0 saturated carbocycles. The summed E-state index contributed by atoms with van der Waals surface area (Å²) in [4.78, 5) is 5.33. The molecular weight excluding hydrogens is 244 g/mol. The Morgan fingerprint density at radius 3 is 2.50 bits per heavy atom. The smallest absolute Gasteiger partial charge is 0.156 e. The van der Waals surface area contributed by atoms with Gasteiger partial charge in [0.05, 0.1) is 11.4 Å². The zero-order valence-electron chi connectivity index (χ0n) is 9.69. The van der Waals surface area contributed by atoms with Gasteiger partial charge in [-0.25, -0.2) is 13.4 Å². The van der Waals surface area contributed by atoms with Crippen LogP contribution in [0.15, 0.2) is 0 Å². The van der Waals surface area contributed by atoms with Crippen LogP contribution >= 0.6 is 11.3 Å². The quantitative estimate of drug-likeness (QED) is 0.843. The van der Waals surface area contributed by atoms with Crippen molar-refractivity contribution in [1.29, 1.82) is 0 Å². The molecule has 1 heterocycles. The third kappa shape index (κ3) is 3.54. The number of nitrogens with zero attached hydrogens (tertiary/aromatic N) is 1. The predicted molar refractivity (Wildman–Crippen MR) is 67.2 cm³/mol. The maximum Gasteiger partial charge on any atom is 0.156 e. The fourth-order valence-corrected chi connectivity index (χ4v) is 4.32. The van der Waals surface area contributed by atoms with Crippen molar-refractivity contribution in [3.05, 3.63) is 15.6 Å². The first-order chi connectivity index (χ1) is 7.52. The Hall–Kier alpha value is -0.460. The summed E-state index contributed by atoms with van der Waals surface area (Å²) in [7, 11) is -3.00. The molecule has 0 amide bonds. The molecule has 1 rings (SSSR count). The van der Waals surface area contributed by atoms with E-state index in [1.165, 1.54) is 11.3 Å². The molecular formula is C10H18N2O2S2. The summed E-state index contributed by atoms with van der Waals surface area (Å²) in [6.45, 7) is 4.30. The lowest BCUT2D eigenvalue weighted by Gasteiger charge is -1.98. The van der Waals surface area contributed by atoms with Gasteiger partial charge in [0.2, 0.25) is 0 Å². The Labute approximate surface area is 101 Å². The van der Waals surface area contributed by atoms with Crippen LogP contribution in [0.2, 0.25) is 0 Å². The van der Waals surface area contributed by atoms with Crippen LogP contribution in [0, 0.1) is 0 Å². The molecule has 0 atom stereocenters. The van der Waals surface area contributed by atoms with Crippen molar-refractivity contribution in [3.63, 3.8) is 0 Å². The van der Waals surface area contributed by atoms with Gasteiger partial charge in [-0.15, -0.1) is 11.3 Å². The number of sulfone groups is 1.